The molecule has 1 aromatic heterocycles. The second-order valence-electron chi connectivity index (χ2n) is 6.60. The van der Waals surface area contributed by atoms with Gasteiger partial charge in [0.05, 0.1) is 6.04 Å². The van der Waals surface area contributed by atoms with E-state index >= 15 is 0 Å². The van der Waals surface area contributed by atoms with Gasteiger partial charge in [-0.15, -0.1) is 0 Å². The highest BCUT2D eigenvalue weighted by molar-refractivity contribution is 7.97. The summed E-state index contributed by atoms with van der Waals surface area (Å²) < 4.78 is 3.35. The molecule has 1 atom stereocenters. The van der Waals surface area contributed by atoms with Crippen LogP contribution in [0.4, 0.5) is 5.69 Å². The summed E-state index contributed by atoms with van der Waals surface area (Å²) in [5, 5.41) is 2.84. The van der Waals surface area contributed by atoms with Crippen LogP contribution in [0.1, 0.15) is 26.5 Å². The Morgan fingerprint density at radius 3 is 2.50 bits per heavy atom. The van der Waals surface area contributed by atoms with Crippen molar-refractivity contribution >= 4 is 23.5 Å². The van der Waals surface area contributed by atoms with Crippen LogP contribution in [0.15, 0.2) is 53.6 Å². The van der Waals surface area contributed by atoms with Crippen LogP contribution in [0.25, 0.3) is 0 Å². The molecule has 6 heteroatoms. The third-order valence-electron chi connectivity index (χ3n) is 3.09. The fourth-order valence-electron chi connectivity index (χ4n) is 1.89. The van der Waals surface area contributed by atoms with E-state index in [0.717, 1.165) is 16.3 Å². The summed E-state index contributed by atoms with van der Waals surface area (Å²) in [6, 6.07) is 12.6. The van der Waals surface area contributed by atoms with Crippen molar-refractivity contribution < 1.29 is 4.79 Å². The van der Waals surface area contributed by atoms with E-state index in [2.05, 4.69) is 35.8 Å². The Morgan fingerprint density at radius 1 is 1.21 bits per heavy atom. The predicted octanol–water partition coefficient (Wildman–Crippen LogP) is 2.99. The van der Waals surface area contributed by atoms with E-state index < -0.39 is 6.04 Å². The van der Waals surface area contributed by atoms with Crippen molar-refractivity contribution in [3.05, 3.63) is 54.4 Å². The highest BCUT2D eigenvalue weighted by atomic mass is 32.2. The van der Waals surface area contributed by atoms with E-state index in [1.165, 1.54) is 0 Å². The lowest BCUT2D eigenvalue weighted by Gasteiger charge is -2.19. The maximum Gasteiger partial charge on any atom is 0.241 e. The number of hydrogen-bond acceptors (Lipinski definition) is 5. The summed E-state index contributed by atoms with van der Waals surface area (Å²) in [6.07, 6.45) is 2.11. The molecular weight excluding hydrogens is 320 g/mol. The second kappa shape index (κ2) is 8.28. The number of aromatic nitrogens is 1. The van der Waals surface area contributed by atoms with Crippen molar-refractivity contribution in [3.8, 4) is 0 Å². The molecule has 4 N–H and O–H groups in total. The van der Waals surface area contributed by atoms with E-state index in [0.29, 0.717) is 6.42 Å². The Balaban J connectivity index is 1.87. The molecule has 0 aliphatic heterocycles. The quantitative estimate of drug-likeness (QED) is 0.702. The minimum Gasteiger partial charge on any atom is -0.325 e. The first-order valence-electron chi connectivity index (χ1n) is 7.84. The lowest BCUT2D eigenvalue weighted by atomic mass is 10.1. The van der Waals surface area contributed by atoms with Gasteiger partial charge < -0.3 is 11.1 Å². The Kier molecular flexibility index (Phi) is 6.36. The number of hydrogen-bond donors (Lipinski definition) is 3. The Bertz CT molecular complexity index is 653. The minimum atomic E-state index is -0.628. The summed E-state index contributed by atoms with van der Waals surface area (Å²) in [4.78, 5) is 17.5. The second-order valence-corrected chi connectivity index (χ2v) is 7.48. The monoisotopic (exact) mass is 344 g/mol. The van der Waals surface area contributed by atoms with Gasteiger partial charge in [0.25, 0.3) is 0 Å². The molecule has 1 amide bonds. The number of rotatable bonds is 6. The van der Waals surface area contributed by atoms with Gasteiger partial charge in [0.1, 0.15) is 0 Å². The van der Waals surface area contributed by atoms with E-state index in [1.807, 2.05) is 42.5 Å². The highest BCUT2D eigenvalue weighted by Gasteiger charge is 2.15. The maximum atomic E-state index is 12.2. The van der Waals surface area contributed by atoms with Gasteiger partial charge in [-0.05, 0) is 69.1 Å². The standard InChI is InChI=1S/C18H24N4OS/c1-18(2,3)22-24-15-9-7-13(8-10-15)21-17(23)16(19)12-14-6-4-5-11-20-14/h4-11,16,22H,12,19H2,1-3H3,(H,21,23). The fraction of sp³-hybridized carbons (Fsp3) is 0.333. The molecule has 0 bridgehead atoms. The molecule has 0 fully saturated rings. The third-order valence-corrected chi connectivity index (χ3v) is 4.31. The molecule has 1 aromatic carbocycles. The molecule has 2 rings (SSSR count). The zero-order valence-electron chi connectivity index (χ0n) is 14.2. The van der Waals surface area contributed by atoms with Gasteiger partial charge in [-0.3, -0.25) is 14.5 Å². The number of amides is 1. The lowest BCUT2D eigenvalue weighted by molar-refractivity contribution is -0.117. The third kappa shape index (κ3) is 6.31. The van der Waals surface area contributed by atoms with Crippen molar-refractivity contribution in [1.82, 2.24) is 9.71 Å². The molecular formula is C18H24N4OS. The number of pyridine rings is 1. The molecule has 128 valence electrons. The highest BCUT2D eigenvalue weighted by Crippen LogP contribution is 2.20. The van der Waals surface area contributed by atoms with Crippen LogP contribution in [-0.2, 0) is 11.2 Å². The number of carbonyl (C=O) groups excluding carboxylic acids is 1. The normalized spacial score (nSPS) is 12.7. The summed E-state index contributed by atoms with van der Waals surface area (Å²) in [6.45, 7) is 6.33. The Labute approximate surface area is 147 Å². The van der Waals surface area contributed by atoms with E-state index in [-0.39, 0.29) is 11.4 Å². The minimum absolute atomic E-state index is 0.0375. The van der Waals surface area contributed by atoms with E-state index in [9.17, 15) is 4.79 Å². The van der Waals surface area contributed by atoms with Crippen molar-refractivity contribution in [2.45, 2.75) is 43.7 Å². The molecule has 5 nitrogen and oxygen atoms in total. The number of anilines is 1. The van der Waals surface area contributed by atoms with Crippen molar-refractivity contribution in [3.63, 3.8) is 0 Å². The van der Waals surface area contributed by atoms with Gasteiger partial charge in [0, 0.05) is 34.4 Å². The number of nitrogens with two attached hydrogens (primary N) is 1. The zero-order valence-corrected chi connectivity index (χ0v) is 15.1. The lowest BCUT2D eigenvalue weighted by Crippen LogP contribution is -2.37. The predicted molar refractivity (Wildman–Crippen MR) is 99.7 cm³/mol. The summed E-state index contributed by atoms with van der Waals surface area (Å²) in [7, 11) is 0. The summed E-state index contributed by atoms with van der Waals surface area (Å²) >= 11 is 1.57. The van der Waals surface area contributed by atoms with Gasteiger partial charge in [-0.1, -0.05) is 6.07 Å². The average Bonchev–Trinajstić information content (AvgIpc) is 2.54. The van der Waals surface area contributed by atoms with Crippen molar-refractivity contribution in [1.29, 1.82) is 0 Å². The van der Waals surface area contributed by atoms with Crippen molar-refractivity contribution in [2.75, 3.05) is 5.32 Å². The number of nitrogens with one attached hydrogen (secondary N) is 2. The largest absolute Gasteiger partial charge is 0.325 e. The van der Waals surface area contributed by atoms with Crippen LogP contribution in [0.2, 0.25) is 0 Å². The van der Waals surface area contributed by atoms with Gasteiger partial charge >= 0.3 is 0 Å². The maximum absolute atomic E-state index is 12.2. The Morgan fingerprint density at radius 2 is 1.92 bits per heavy atom. The molecule has 0 radical (unpaired) electrons. The molecule has 1 heterocycles. The van der Waals surface area contributed by atoms with Gasteiger partial charge in [-0.2, -0.15) is 0 Å². The topological polar surface area (TPSA) is 80.0 Å². The van der Waals surface area contributed by atoms with Crippen LogP contribution in [0.3, 0.4) is 0 Å². The number of carbonyl (C=O) groups is 1. The van der Waals surface area contributed by atoms with Crippen LogP contribution in [0.5, 0.6) is 0 Å². The average molecular weight is 344 g/mol. The summed E-state index contributed by atoms with van der Waals surface area (Å²) in [5.41, 5.74) is 7.53. The fourth-order valence-corrected chi connectivity index (χ4v) is 2.59. The van der Waals surface area contributed by atoms with E-state index in [1.54, 1.807) is 18.1 Å². The van der Waals surface area contributed by atoms with Gasteiger partial charge in [0.2, 0.25) is 5.91 Å². The first kappa shape index (κ1) is 18.4. The molecule has 0 saturated carbocycles. The molecule has 2 aromatic rings. The number of benzene rings is 1. The Hall–Kier alpha value is -1.89. The zero-order chi connectivity index (χ0) is 17.6. The van der Waals surface area contributed by atoms with E-state index in [4.69, 9.17) is 5.73 Å². The molecule has 0 spiro atoms. The molecule has 1 unspecified atom stereocenters. The van der Waals surface area contributed by atoms with Gasteiger partial charge in [-0.25, -0.2) is 0 Å². The van der Waals surface area contributed by atoms with Gasteiger partial charge in [0.15, 0.2) is 0 Å². The summed E-state index contributed by atoms with van der Waals surface area (Å²) in [5.74, 6) is -0.214. The smallest absolute Gasteiger partial charge is 0.241 e. The molecule has 24 heavy (non-hydrogen) atoms. The first-order valence-corrected chi connectivity index (χ1v) is 8.65. The van der Waals surface area contributed by atoms with Crippen LogP contribution >= 0.6 is 11.9 Å². The van der Waals surface area contributed by atoms with Crippen LogP contribution in [0, 0.1) is 0 Å². The molecule has 0 aliphatic rings. The molecule has 0 saturated heterocycles. The van der Waals surface area contributed by atoms with Crippen LogP contribution in [-0.4, -0.2) is 22.5 Å². The van der Waals surface area contributed by atoms with Crippen molar-refractivity contribution in [2.24, 2.45) is 5.73 Å². The van der Waals surface area contributed by atoms with Crippen LogP contribution < -0.4 is 15.8 Å². The first-order chi connectivity index (χ1) is 11.3. The number of nitrogens with zero attached hydrogens (tertiary/aromatic N) is 1. The molecule has 0 aliphatic carbocycles. The SMILES string of the molecule is CC(C)(C)NSc1ccc(NC(=O)C(N)Cc2ccccn2)cc1.